The lowest BCUT2D eigenvalue weighted by molar-refractivity contribution is 0.0949. The number of hydrogen-bond acceptors (Lipinski definition) is 1. The summed E-state index contributed by atoms with van der Waals surface area (Å²) in [6.45, 7) is 0.135. The van der Waals surface area contributed by atoms with Crippen LogP contribution in [0.15, 0.2) is 42.5 Å². The predicted octanol–water partition coefficient (Wildman–Crippen LogP) is 3.08. The number of amides is 1. The smallest absolute Gasteiger partial charge is 0.254 e. The SMILES string of the molecule is O=C(NCCc1ccccc1F)c1cc(F)ccc1F. The van der Waals surface area contributed by atoms with Crippen molar-refractivity contribution in [3.05, 3.63) is 71.0 Å². The number of halogens is 3. The van der Waals surface area contributed by atoms with E-state index < -0.39 is 17.5 Å². The summed E-state index contributed by atoms with van der Waals surface area (Å²) in [4.78, 5) is 11.7. The summed E-state index contributed by atoms with van der Waals surface area (Å²) >= 11 is 0. The van der Waals surface area contributed by atoms with E-state index in [1.807, 2.05) is 0 Å². The van der Waals surface area contributed by atoms with E-state index in [4.69, 9.17) is 0 Å². The Hall–Kier alpha value is -2.30. The minimum atomic E-state index is -0.796. The Bertz CT molecular complexity index is 628. The summed E-state index contributed by atoms with van der Waals surface area (Å²) in [6.07, 6.45) is 0.273. The van der Waals surface area contributed by atoms with Crippen molar-refractivity contribution >= 4 is 5.91 Å². The third kappa shape index (κ3) is 3.38. The van der Waals surface area contributed by atoms with Gasteiger partial charge in [-0.25, -0.2) is 13.2 Å². The van der Waals surface area contributed by atoms with Crippen LogP contribution in [-0.4, -0.2) is 12.5 Å². The highest BCUT2D eigenvalue weighted by molar-refractivity contribution is 5.94. The van der Waals surface area contributed by atoms with Crippen molar-refractivity contribution in [1.29, 1.82) is 0 Å². The number of carbonyl (C=O) groups is 1. The van der Waals surface area contributed by atoms with Crippen molar-refractivity contribution in [2.75, 3.05) is 6.54 Å². The third-order valence-electron chi connectivity index (χ3n) is 2.81. The second-order valence-electron chi connectivity index (χ2n) is 4.22. The van der Waals surface area contributed by atoms with Crippen molar-refractivity contribution in [1.82, 2.24) is 5.32 Å². The molecule has 0 bridgehead atoms. The zero-order chi connectivity index (χ0) is 14.5. The summed E-state index contributed by atoms with van der Waals surface area (Å²) in [6, 6.07) is 8.83. The molecule has 0 aromatic heterocycles. The first-order valence-corrected chi connectivity index (χ1v) is 6.04. The molecule has 2 nitrogen and oxygen atoms in total. The molecule has 5 heteroatoms. The standard InChI is InChI=1S/C15H12F3NO/c16-11-5-6-14(18)12(9-11)15(20)19-8-7-10-3-1-2-4-13(10)17/h1-6,9H,7-8H2,(H,19,20). The van der Waals surface area contributed by atoms with Gasteiger partial charge in [-0.2, -0.15) is 0 Å². The zero-order valence-corrected chi connectivity index (χ0v) is 10.5. The van der Waals surface area contributed by atoms with E-state index in [0.717, 1.165) is 18.2 Å². The van der Waals surface area contributed by atoms with Gasteiger partial charge in [-0.15, -0.1) is 0 Å². The molecular weight excluding hydrogens is 267 g/mol. The first kappa shape index (κ1) is 14.1. The molecule has 2 aromatic rings. The molecule has 0 radical (unpaired) electrons. The lowest BCUT2D eigenvalue weighted by Gasteiger charge is -2.07. The van der Waals surface area contributed by atoms with Crippen molar-refractivity contribution in [3.8, 4) is 0 Å². The van der Waals surface area contributed by atoms with Crippen LogP contribution < -0.4 is 5.32 Å². The van der Waals surface area contributed by atoms with Crippen LogP contribution in [0.5, 0.6) is 0 Å². The maximum atomic E-state index is 13.3. The zero-order valence-electron chi connectivity index (χ0n) is 10.5. The molecule has 104 valence electrons. The van der Waals surface area contributed by atoms with Crippen LogP contribution in [-0.2, 0) is 6.42 Å². The quantitative estimate of drug-likeness (QED) is 0.915. The summed E-state index contributed by atoms with van der Waals surface area (Å²) < 4.78 is 39.6. The lowest BCUT2D eigenvalue weighted by Crippen LogP contribution is -2.26. The second-order valence-corrected chi connectivity index (χ2v) is 4.22. The van der Waals surface area contributed by atoms with Crippen LogP contribution in [0.3, 0.4) is 0 Å². The Morgan fingerprint density at radius 3 is 2.50 bits per heavy atom. The first-order chi connectivity index (χ1) is 9.58. The summed E-state index contributed by atoms with van der Waals surface area (Å²) in [5.41, 5.74) is 0.0889. The van der Waals surface area contributed by atoms with Crippen LogP contribution in [0.1, 0.15) is 15.9 Å². The normalized spacial score (nSPS) is 10.3. The number of carbonyl (C=O) groups excluding carboxylic acids is 1. The Morgan fingerprint density at radius 2 is 1.75 bits per heavy atom. The molecule has 0 fully saturated rings. The van der Waals surface area contributed by atoms with Crippen molar-refractivity contribution in [2.24, 2.45) is 0 Å². The summed E-state index contributed by atoms with van der Waals surface area (Å²) in [5, 5.41) is 2.43. The summed E-state index contributed by atoms with van der Waals surface area (Å²) in [5.74, 6) is -2.57. The fourth-order valence-electron chi connectivity index (χ4n) is 1.78. The molecule has 0 heterocycles. The molecular formula is C15H12F3NO. The van der Waals surface area contributed by atoms with Gasteiger partial charge in [0, 0.05) is 6.54 Å². The van der Waals surface area contributed by atoms with Gasteiger partial charge in [-0.05, 0) is 36.2 Å². The average molecular weight is 279 g/mol. The molecule has 0 saturated heterocycles. The summed E-state index contributed by atoms with van der Waals surface area (Å²) in [7, 11) is 0. The Balaban J connectivity index is 1.96. The largest absolute Gasteiger partial charge is 0.352 e. The van der Waals surface area contributed by atoms with Gasteiger partial charge in [0.15, 0.2) is 0 Å². The van der Waals surface area contributed by atoms with Crippen LogP contribution in [0, 0.1) is 17.5 Å². The van der Waals surface area contributed by atoms with Gasteiger partial charge in [0.05, 0.1) is 5.56 Å². The molecule has 2 rings (SSSR count). The van der Waals surface area contributed by atoms with E-state index in [1.54, 1.807) is 18.2 Å². The van der Waals surface area contributed by atoms with Gasteiger partial charge in [-0.3, -0.25) is 4.79 Å². The van der Waals surface area contributed by atoms with Crippen LogP contribution in [0.2, 0.25) is 0 Å². The lowest BCUT2D eigenvalue weighted by atomic mass is 10.1. The molecule has 1 N–H and O–H groups in total. The third-order valence-corrected chi connectivity index (χ3v) is 2.81. The topological polar surface area (TPSA) is 29.1 Å². The number of nitrogens with one attached hydrogen (secondary N) is 1. The van der Waals surface area contributed by atoms with Crippen molar-refractivity contribution in [2.45, 2.75) is 6.42 Å². The molecule has 1 amide bonds. The van der Waals surface area contributed by atoms with Gasteiger partial charge in [0.2, 0.25) is 0 Å². The van der Waals surface area contributed by atoms with Crippen LogP contribution in [0.25, 0.3) is 0 Å². The Morgan fingerprint density at radius 1 is 1.00 bits per heavy atom. The van der Waals surface area contributed by atoms with E-state index in [1.165, 1.54) is 6.07 Å². The fraction of sp³-hybridized carbons (Fsp3) is 0.133. The average Bonchev–Trinajstić information content (AvgIpc) is 2.43. The minimum Gasteiger partial charge on any atom is -0.352 e. The van der Waals surface area contributed by atoms with Gasteiger partial charge in [0.1, 0.15) is 17.5 Å². The number of benzene rings is 2. The number of hydrogen-bond donors (Lipinski definition) is 1. The highest BCUT2D eigenvalue weighted by atomic mass is 19.1. The Kier molecular flexibility index (Phi) is 4.40. The first-order valence-electron chi connectivity index (χ1n) is 6.04. The van der Waals surface area contributed by atoms with Crippen molar-refractivity contribution < 1.29 is 18.0 Å². The molecule has 0 saturated carbocycles. The van der Waals surface area contributed by atoms with Crippen LogP contribution >= 0.6 is 0 Å². The molecule has 0 spiro atoms. The molecule has 0 aliphatic heterocycles. The van der Waals surface area contributed by atoms with E-state index in [9.17, 15) is 18.0 Å². The van der Waals surface area contributed by atoms with Gasteiger partial charge >= 0.3 is 0 Å². The molecule has 20 heavy (non-hydrogen) atoms. The fourth-order valence-corrected chi connectivity index (χ4v) is 1.78. The molecule has 0 aliphatic rings. The van der Waals surface area contributed by atoms with E-state index in [0.29, 0.717) is 5.56 Å². The van der Waals surface area contributed by atoms with Crippen molar-refractivity contribution in [3.63, 3.8) is 0 Å². The maximum absolute atomic E-state index is 13.3. The molecule has 0 unspecified atom stereocenters. The predicted molar refractivity (Wildman–Crippen MR) is 68.8 cm³/mol. The highest BCUT2D eigenvalue weighted by Crippen LogP contribution is 2.10. The van der Waals surface area contributed by atoms with E-state index >= 15 is 0 Å². The Labute approximate surface area is 114 Å². The van der Waals surface area contributed by atoms with E-state index in [2.05, 4.69) is 5.32 Å². The monoisotopic (exact) mass is 279 g/mol. The van der Waals surface area contributed by atoms with Gasteiger partial charge in [-0.1, -0.05) is 18.2 Å². The number of rotatable bonds is 4. The highest BCUT2D eigenvalue weighted by Gasteiger charge is 2.12. The molecule has 0 aliphatic carbocycles. The van der Waals surface area contributed by atoms with Crippen LogP contribution in [0.4, 0.5) is 13.2 Å². The van der Waals surface area contributed by atoms with E-state index in [-0.39, 0.29) is 24.3 Å². The van der Waals surface area contributed by atoms with Gasteiger partial charge < -0.3 is 5.32 Å². The molecule has 0 atom stereocenters. The maximum Gasteiger partial charge on any atom is 0.254 e. The second kappa shape index (κ2) is 6.23. The van der Waals surface area contributed by atoms with Gasteiger partial charge in [0.25, 0.3) is 5.91 Å². The molecule has 2 aromatic carbocycles. The minimum absolute atomic E-state index is 0.135.